The first-order chi connectivity index (χ1) is 14.1. The number of hydrogen-bond acceptors (Lipinski definition) is 6. The predicted octanol–water partition coefficient (Wildman–Crippen LogP) is 4.84. The molecule has 0 bridgehead atoms. The Kier molecular flexibility index (Phi) is 5.42. The van der Waals surface area contributed by atoms with Crippen LogP contribution in [0.4, 0.5) is 5.69 Å². The maximum atomic E-state index is 13.4. The molecule has 1 aliphatic heterocycles. The van der Waals surface area contributed by atoms with Gasteiger partial charge in [0.1, 0.15) is 11.5 Å². The fraction of sp³-hybridized carbons (Fsp3) is 0.0909. The number of hydrogen-bond donors (Lipinski definition) is 0. The molecule has 0 saturated heterocycles. The number of methoxy groups -OCH3 is 2. The van der Waals surface area contributed by atoms with Crippen molar-refractivity contribution in [2.24, 2.45) is 0 Å². The molecule has 0 aliphatic carbocycles. The van der Waals surface area contributed by atoms with Crippen molar-refractivity contribution in [3.63, 3.8) is 0 Å². The van der Waals surface area contributed by atoms with Gasteiger partial charge in [-0.05, 0) is 23.6 Å². The summed E-state index contributed by atoms with van der Waals surface area (Å²) < 4.78 is 10.6. The molecule has 1 aromatic heterocycles. The van der Waals surface area contributed by atoms with Crippen LogP contribution in [0.5, 0.6) is 11.5 Å². The Labute approximate surface area is 176 Å². The SMILES string of the molecule is COc1cc(OC)cc(N2C(=O)C(Sc3ccccc3)=C(c3cccs3)C2=O)c1. The third-order valence-corrected chi connectivity index (χ3v) is 6.34. The Morgan fingerprint density at radius 2 is 1.55 bits per heavy atom. The highest BCUT2D eigenvalue weighted by Crippen LogP contribution is 2.43. The second kappa shape index (κ2) is 8.14. The summed E-state index contributed by atoms with van der Waals surface area (Å²) in [6.07, 6.45) is 0. The largest absolute Gasteiger partial charge is 0.497 e. The molecule has 7 heteroatoms. The van der Waals surface area contributed by atoms with Gasteiger partial charge in [-0.2, -0.15) is 0 Å². The number of ether oxygens (including phenoxy) is 2. The summed E-state index contributed by atoms with van der Waals surface area (Å²) in [6.45, 7) is 0. The standard InChI is InChI=1S/C22H17NO4S2/c1-26-15-11-14(12-16(13-15)27-2)23-21(24)19(18-9-6-10-28-18)20(22(23)25)29-17-7-4-3-5-8-17/h3-13H,1-2H3. The van der Waals surface area contributed by atoms with E-state index in [1.165, 1.54) is 42.2 Å². The zero-order chi connectivity index (χ0) is 20.4. The van der Waals surface area contributed by atoms with Crippen LogP contribution in [0.1, 0.15) is 4.88 Å². The van der Waals surface area contributed by atoms with Gasteiger partial charge in [0.2, 0.25) is 0 Å². The molecule has 29 heavy (non-hydrogen) atoms. The molecule has 146 valence electrons. The molecule has 0 saturated carbocycles. The summed E-state index contributed by atoms with van der Waals surface area (Å²) in [5.41, 5.74) is 0.828. The van der Waals surface area contributed by atoms with Crippen LogP contribution in [-0.2, 0) is 9.59 Å². The summed E-state index contributed by atoms with van der Waals surface area (Å²) in [7, 11) is 3.05. The number of thioether (sulfide) groups is 1. The van der Waals surface area contributed by atoms with Crippen LogP contribution in [0.15, 0.2) is 75.8 Å². The Morgan fingerprint density at radius 1 is 0.862 bits per heavy atom. The van der Waals surface area contributed by atoms with Gasteiger partial charge in [0.15, 0.2) is 0 Å². The third-order valence-electron chi connectivity index (χ3n) is 4.37. The second-order valence-electron chi connectivity index (χ2n) is 6.11. The minimum atomic E-state index is -0.359. The van der Waals surface area contributed by atoms with E-state index in [4.69, 9.17) is 9.47 Å². The Morgan fingerprint density at radius 3 is 2.14 bits per heavy atom. The molecule has 4 rings (SSSR count). The number of amides is 2. The van der Waals surface area contributed by atoms with Crippen molar-refractivity contribution in [2.75, 3.05) is 19.1 Å². The third kappa shape index (κ3) is 3.66. The average Bonchev–Trinajstić information content (AvgIpc) is 3.35. The predicted molar refractivity (Wildman–Crippen MR) is 116 cm³/mol. The van der Waals surface area contributed by atoms with Crippen molar-refractivity contribution >= 4 is 46.2 Å². The van der Waals surface area contributed by atoms with E-state index < -0.39 is 0 Å². The van der Waals surface area contributed by atoms with Crippen molar-refractivity contribution in [1.82, 2.24) is 0 Å². The van der Waals surface area contributed by atoms with Crippen LogP contribution in [0.2, 0.25) is 0 Å². The highest BCUT2D eigenvalue weighted by molar-refractivity contribution is 8.04. The number of imide groups is 1. The number of anilines is 1. The molecule has 0 unspecified atom stereocenters. The summed E-state index contributed by atoms with van der Waals surface area (Å²) in [5, 5.41) is 1.89. The van der Waals surface area contributed by atoms with E-state index in [0.717, 1.165) is 9.77 Å². The molecule has 3 aromatic rings. The Balaban J connectivity index is 1.81. The van der Waals surface area contributed by atoms with Crippen LogP contribution in [0.3, 0.4) is 0 Å². The summed E-state index contributed by atoms with van der Waals surface area (Å²) in [6, 6.07) is 18.3. The van der Waals surface area contributed by atoms with E-state index >= 15 is 0 Å². The number of nitrogens with zero attached hydrogens (tertiary/aromatic N) is 1. The lowest BCUT2D eigenvalue weighted by Crippen LogP contribution is -2.31. The first-order valence-electron chi connectivity index (χ1n) is 8.75. The first-order valence-corrected chi connectivity index (χ1v) is 10.4. The maximum absolute atomic E-state index is 13.4. The smallest absolute Gasteiger partial charge is 0.272 e. The van der Waals surface area contributed by atoms with Crippen molar-refractivity contribution in [3.8, 4) is 11.5 Å². The van der Waals surface area contributed by atoms with E-state index in [1.54, 1.807) is 18.2 Å². The molecule has 2 amide bonds. The summed E-state index contributed by atoms with van der Waals surface area (Å²) in [4.78, 5) is 30.0. The monoisotopic (exact) mass is 423 g/mol. The van der Waals surface area contributed by atoms with E-state index in [2.05, 4.69) is 0 Å². The van der Waals surface area contributed by atoms with Crippen LogP contribution in [0, 0.1) is 0 Å². The van der Waals surface area contributed by atoms with Gasteiger partial charge < -0.3 is 9.47 Å². The maximum Gasteiger partial charge on any atom is 0.272 e. The normalized spacial score (nSPS) is 13.9. The number of carbonyl (C=O) groups excluding carboxylic acids is 2. The number of rotatable bonds is 6. The van der Waals surface area contributed by atoms with E-state index in [1.807, 2.05) is 47.8 Å². The minimum Gasteiger partial charge on any atom is -0.497 e. The van der Waals surface area contributed by atoms with E-state index in [0.29, 0.717) is 27.7 Å². The molecule has 0 spiro atoms. The van der Waals surface area contributed by atoms with E-state index in [9.17, 15) is 9.59 Å². The van der Waals surface area contributed by atoms with E-state index in [-0.39, 0.29) is 11.8 Å². The van der Waals surface area contributed by atoms with Crippen molar-refractivity contribution in [3.05, 3.63) is 75.8 Å². The molecule has 2 aromatic carbocycles. The Hall–Kier alpha value is -3.03. The summed E-state index contributed by atoms with van der Waals surface area (Å²) in [5.74, 6) is 0.289. The molecule has 1 aliphatic rings. The lowest BCUT2D eigenvalue weighted by Gasteiger charge is -2.17. The lowest BCUT2D eigenvalue weighted by atomic mass is 10.2. The second-order valence-corrected chi connectivity index (χ2v) is 8.14. The lowest BCUT2D eigenvalue weighted by molar-refractivity contribution is -0.119. The molecule has 2 heterocycles. The van der Waals surface area contributed by atoms with Gasteiger partial charge in [-0.25, -0.2) is 4.90 Å². The van der Waals surface area contributed by atoms with Crippen molar-refractivity contribution in [2.45, 2.75) is 4.90 Å². The van der Waals surface area contributed by atoms with Gasteiger partial charge >= 0.3 is 0 Å². The molecule has 0 atom stereocenters. The number of thiophene rings is 1. The topological polar surface area (TPSA) is 55.8 Å². The van der Waals surface area contributed by atoms with Gasteiger partial charge in [0, 0.05) is 28.0 Å². The first kappa shape index (κ1) is 19.3. The molecule has 0 fully saturated rings. The van der Waals surface area contributed by atoms with Crippen LogP contribution in [-0.4, -0.2) is 26.0 Å². The van der Waals surface area contributed by atoms with Crippen molar-refractivity contribution in [1.29, 1.82) is 0 Å². The molecule has 0 N–H and O–H groups in total. The zero-order valence-electron chi connectivity index (χ0n) is 15.7. The average molecular weight is 424 g/mol. The number of benzene rings is 2. The summed E-state index contributed by atoms with van der Waals surface area (Å²) >= 11 is 2.73. The fourth-order valence-electron chi connectivity index (χ4n) is 3.00. The quantitative estimate of drug-likeness (QED) is 0.531. The zero-order valence-corrected chi connectivity index (χ0v) is 17.4. The highest BCUT2D eigenvalue weighted by atomic mass is 32.2. The van der Waals surface area contributed by atoms with Gasteiger partial charge in [0.25, 0.3) is 11.8 Å². The van der Waals surface area contributed by atoms with Crippen LogP contribution < -0.4 is 14.4 Å². The van der Waals surface area contributed by atoms with Crippen LogP contribution in [0.25, 0.3) is 5.57 Å². The molecule has 5 nitrogen and oxygen atoms in total. The minimum absolute atomic E-state index is 0.355. The Bertz CT molecular complexity index is 1070. The highest BCUT2D eigenvalue weighted by Gasteiger charge is 2.41. The van der Waals surface area contributed by atoms with Gasteiger partial charge in [-0.1, -0.05) is 36.0 Å². The molecular formula is C22H17NO4S2. The number of carbonyl (C=O) groups is 2. The van der Waals surface area contributed by atoms with Crippen molar-refractivity contribution < 1.29 is 19.1 Å². The van der Waals surface area contributed by atoms with Gasteiger partial charge in [0.05, 0.1) is 30.4 Å². The molecule has 0 radical (unpaired) electrons. The molecular weight excluding hydrogens is 406 g/mol. The van der Waals surface area contributed by atoms with Crippen LogP contribution >= 0.6 is 23.1 Å². The van der Waals surface area contributed by atoms with Gasteiger partial charge in [-0.15, -0.1) is 11.3 Å². The van der Waals surface area contributed by atoms with Gasteiger partial charge in [-0.3, -0.25) is 9.59 Å². The fourth-order valence-corrected chi connectivity index (χ4v) is 4.84.